The van der Waals surface area contributed by atoms with Crippen molar-refractivity contribution < 1.29 is 23.2 Å². The van der Waals surface area contributed by atoms with E-state index in [4.69, 9.17) is 0 Å². The van der Waals surface area contributed by atoms with Gasteiger partial charge < -0.3 is 10.0 Å². The quantitative estimate of drug-likeness (QED) is 0.476. The third kappa shape index (κ3) is 3.98. The van der Waals surface area contributed by atoms with Crippen LogP contribution in [0.15, 0.2) is 47.3 Å². The zero-order valence-electron chi connectivity index (χ0n) is 15.9. The first-order chi connectivity index (χ1) is 14.6. The Hall–Kier alpha value is -3.05. The van der Waals surface area contributed by atoms with Gasteiger partial charge in [-0.15, -0.1) is 0 Å². The van der Waals surface area contributed by atoms with Crippen LogP contribution in [0.3, 0.4) is 0 Å². The maximum atomic E-state index is 13.1. The highest BCUT2D eigenvalue weighted by molar-refractivity contribution is 7.22. The molecule has 1 aliphatic heterocycles. The molecule has 0 spiro atoms. The predicted molar refractivity (Wildman–Crippen MR) is 109 cm³/mol. The van der Waals surface area contributed by atoms with E-state index in [-0.39, 0.29) is 9.83 Å². The lowest BCUT2D eigenvalue weighted by molar-refractivity contribution is -0.383. The molecule has 0 aliphatic carbocycles. The number of piperidine rings is 1. The molecule has 1 aliphatic rings. The van der Waals surface area contributed by atoms with Gasteiger partial charge in [-0.1, -0.05) is 41.7 Å². The van der Waals surface area contributed by atoms with Gasteiger partial charge in [0.05, 0.1) is 21.5 Å². The molecule has 1 fully saturated rings. The number of nitro benzene ring substituents is 1. The van der Waals surface area contributed by atoms with Crippen LogP contribution < -0.4 is 10.5 Å². The normalized spacial score (nSPS) is 16.5. The molecule has 2 aromatic carbocycles. The topological polar surface area (TPSA) is 96.6 Å². The highest BCUT2D eigenvalue weighted by Gasteiger charge is 2.36. The van der Waals surface area contributed by atoms with Crippen molar-refractivity contribution >= 4 is 32.2 Å². The summed E-state index contributed by atoms with van der Waals surface area (Å²) in [4.78, 5) is 28.6. The van der Waals surface area contributed by atoms with Gasteiger partial charge >= 0.3 is 6.18 Å². The lowest BCUT2D eigenvalue weighted by atomic mass is 9.85. The second kappa shape index (κ2) is 7.57. The van der Waals surface area contributed by atoms with Gasteiger partial charge in [-0.05, 0) is 24.5 Å². The van der Waals surface area contributed by atoms with E-state index in [1.54, 1.807) is 4.90 Å². The maximum absolute atomic E-state index is 13.1. The van der Waals surface area contributed by atoms with Crippen molar-refractivity contribution in [1.82, 2.24) is 4.98 Å². The molecule has 0 bridgehead atoms. The Morgan fingerprint density at radius 3 is 2.39 bits per heavy atom. The number of anilines is 1. The van der Waals surface area contributed by atoms with Gasteiger partial charge in [-0.2, -0.15) is 18.2 Å². The minimum Gasteiger partial charge on any atom is -0.385 e. The second-order valence-corrected chi connectivity index (χ2v) is 8.29. The first kappa shape index (κ1) is 21.2. The summed E-state index contributed by atoms with van der Waals surface area (Å²) >= 11 is 0.802. The summed E-state index contributed by atoms with van der Waals surface area (Å²) in [5.74, 6) is 0. The van der Waals surface area contributed by atoms with E-state index in [1.165, 1.54) is 0 Å². The Kier molecular flexibility index (Phi) is 5.18. The first-order valence-corrected chi connectivity index (χ1v) is 10.1. The van der Waals surface area contributed by atoms with E-state index in [9.17, 15) is 33.2 Å². The number of nitro groups is 1. The lowest BCUT2D eigenvalue weighted by Crippen LogP contribution is -2.43. The zero-order valence-corrected chi connectivity index (χ0v) is 16.7. The largest absolute Gasteiger partial charge is 0.416 e. The van der Waals surface area contributed by atoms with Crippen LogP contribution in [0.5, 0.6) is 0 Å². The summed E-state index contributed by atoms with van der Waals surface area (Å²) in [5, 5.41) is 22.1. The summed E-state index contributed by atoms with van der Waals surface area (Å²) in [6.45, 7) is 0.655. The van der Waals surface area contributed by atoms with Gasteiger partial charge in [-0.3, -0.25) is 14.9 Å². The number of hydrogen-bond acceptors (Lipinski definition) is 7. The molecule has 0 saturated carbocycles. The number of fused-ring (bicyclic) bond motifs is 1. The van der Waals surface area contributed by atoms with Crippen LogP contribution in [0, 0.1) is 10.1 Å². The van der Waals surface area contributed by atoms with Crippen molar-refractivity contribution in [2.75, 3.05) is 18.0 Å². The minimum absolute atomic E-state index is 0.156. The molecule has 0 amide bonds. The predicted octanol–water partition coefficient (Wildman–Crippen LogP) is 4.07. The lowest BCUT2D eigenvalue weighted by Gasteiger charge is -2.38. The number of hydrogen-bond donors (Lipinski definition) is 1. The van der Waals surface area contributed by atoms with Gasteiger partial charge in [-0.25, -0.2) is 0 Å². The monoisotopic (exact) mass is 451 g/mol. The molecule has 31 heavy (non-hydrogen) atoms. The van der Waals surface area contributed by atoms with Crippen LogP contribution in [0.2, 0.25) is 0 Å². The van der Waals surface area contributed by atoms with Crippen molar-refractivity contribution in [2.24, 2.45) is 0 Å². The first-order valence-electron chi connectivity index (χ1n) is 9.32. The van der Waals surface area contributed by atoms with Crippen molar-refractivity contribution in [3.8, 4) is 0 Å². The Morgan fingerprint density at radius 1 is 1.16 bits per heavy atom. The minimum atomic E-state index is -4.83. The van der Waals surface area contributed by atoms with E-state index < -0.39 is 38.9 Å². The molecule has 0 unspecified atom stereocenters. The summed E-state index contributed by atoms with van der Waals surface area (Å²) in [6, 6.07) is 10.2. The summed E-state index contributed by atoms with van der Waals surface area (Å²) in [6.07, 6.45) is -4.15. The van der Waals surface area contributed by atoms with Crippen LogP contribution in [-0.4, -0.2) is 28.1 Å². The van der Waals surface area contributed by atoms with E-state index in [2.05, 4.69) is 4.98 Å². The van der Waals surface area contributed by atoms with Crippen molar-refractivity contribution in [2.45, 2.75) is 24.6 Å². The van der Waals surface area contributed by atoms with Gasteiger partial charge in [0.15, 0.2) is 5.13 Å². The zero-order chi connectivity index (χ0) is 22.4. The van der Waals surface area contributed by atoms with E-state index in [1.807, 2.05) is 30.3 Å². The van der Waals surface area contributed by atoms with Crippen LogP contribution in [0.25, 0.3) is 10.1 Å². The fourth-order valence-electron chi connectivity index (χ4n) is 3.68. The van der Waals surface area contributed by atoms with Crippen LogP contribution in [0.1, 0.15) is 24.0 Å². The number of aliphatic hydroxyl groups is 1. The standard InChI is InChI=1S/C20H16F3N3O4S/c21-20(22,23)13-10-14-16(15(11-13)26(29)30)31-18(24-17(14)27)25-8-6-19(28,7-9-25)12-4-2-1-3-5-12/h1-5,10-11,28H,6-9H2. The number of alkyl halides is 3. The summed E-state index contributed by atoms with van der Waals surface area (Å²) < 4.78 is 39.1. The highest BCUT2D eigenvalue weighted by atomic mass is 32.1. The number of non-ortho nitro benzene ring substituents is 1. The molecule has 7 nitrogen and oxygen atoms in total. The molecular formula is C20H16F3N3O4S. The molecule has 0 radical (unpaired) electrons. The van der Waals surface area contributed by atoms with Gasteiger partial charge in [0.2, 0.25) is 0 Å². The van der Waals surface area contributed by atoms with Gasteiger partial charge in [0.25, 0.3) is 11.2 Å². The van der Waals surface area contributed by atoms with Gasteiger partial charge in [0.1, 0.15) is 4.70 Å². The number of aromatic nitrogens is 1. The third-order valence-corrected chi connectivity index (χ3v) is 6.55. The van der Waals surface area contributed by atoms with E-state index >= 15 is 0 Å². The van der Waals surface area contributed by atoms with Crippen LogP contribution in [0.4, 0.5) is 24.0 Å². The van der Waals surface area contributed by atoms with Gasteiger partial charge in [0, 0.05) is 19.2 Å². The molecular weight excluding hydrogens is 435 g/mol. The van der Waals surface area contributed by atoms with Crippen molar-refractivity contribution in [3.63, 3.8) is 0 Å². The van der Waals surface area contributed by atoms with Crippen molar-refractivity contribution in [3.05, 3.63) is 74.1 Å². The van der Waals surface area contributed by atoms with E-state index in [0.717, 1.165) is 16.9 Å². The fourth-order valence-corrected chi connectivity index (χ4v) is 4.80. The highest BCUT2D eigenvalue weighted by Crippen LogP contribution is 2.40. The average molecular weight is 451 g/mol. The Balaban J connectivity index is 1.71. The number of nitrogens with zero attached hydrogens (tertiary/aromatic N) is 3. The molecule has 1 saturated heterocycles. The maximum Gasteiger partial charge on any atom is 0.416 e. The van der Waals surface area contributed by atoms with E-state index in [0.29, 0.717) is 38.1 Å². The molecule has 0 atom stereocenters. The molecule has 1 N–H and O–H groups in total. The number of benzene rings is 2. The van der Waals surface area contributed by atoms with Crippen molar-refractivity contribution in [1.29, 1.82) is 0 Å². The fraction of sp³-hybridized carbons (Fsp3) is 0.300. The number of rotatable bonds is 3. The Bertz CT molecular complexity index is 1210. The molecule has 162 valence electrons. The Labute approximate surface area is 177 Å². The molecule has 1 aromatic heterocycles. The summed E-state index contributed by atoms with van der Waals surface area (Å²) in [5.41, 5.74) is -3.29. The second-order valence-electron chi connectivity index (χ2n) is 7.31. The molecule has 11 heteroatoms. The molecule has 4 rings (SSSR count). The summed E-state index contributed by atoms with van der Waals surface area (Å²) in [7, 11) is 0. The SMILES string of the molecule is O=c1nc(N2CCC(O)(c3ccccc3)CC2)sc2c([N+](=O)[O-])cc(C(F)(F)F)cc12. The third-order valence-electron chi connectivity index (χ3n) is 5.39. The van der Waals surface area contributed by atoms with Crippen LogP contribution >= 0.6 is 11.3 Å². The average Bonchev–Trinajstić information content (AvgIpc) is 2.73. The molecule has 2 heterocycles. The van der Waals surface area contributed by atoms with Crippen LogP contribution in [-0.2, 0) is 11.8 Å². The number of halogens is 3. The Morgan fingerprint density at radius 2 is 1.81 bits per heavy atom. The molecule has 3 aromatic rings. The smallest absolute Gasteiger partial charge is 0.385 e.